The summed E-state index contributed by atoms with van der Waals surface area (Å²) in [7, 11) is 0. The minimum absolute atomic E-state index is 0.179. The predicted octanol–water partition coefficient (Wildman–Crippen LogP) is 4.96. The Balaban J connectivity index is 1.49. The van der Waals surface area contributed by atoms with E-state index in [4.69, 9.17) is 16.0 Å². The van der Waals surface area contributed by atoms with Crippen LogP contribution < -0.4 is 10.6 Å². The van der Waals surface area contributed by atoms with E-state index in [1.165, 1.54) is 17.4 Å². The third-order valence-electron chi connectivity index (χ3n) is 3.97. The van der Waals surface area contributed by atoms with E-state index < -0.39 is 16.7 Å². The highest BCUT2D eigenvalue weighted by atomic mass is 35.5. The Bertz CT molecular complexity index is 1280. The molecule has 0 radical (unpaired) electrons. The summed E-state index contributed by atoms with van der Waals surface area (Å²) in [5.41, 5.74) is 1.53. The summed E-state index contributed by atoms with van der Waals surface area (Å²) in [5, 5.41) is 16.9. The number of hydrogen-bond donors (Lipinski definition) is 2. The number of anilines is 2. The first-order valence-corrected chi connectivity index (χ1v) is 9.61. The van der Waals surface area contributed by atoms with Crippen molar-refractivity contribution in [1.82, 2.24) is 4.98 Å². The predicted molar refractivity (Wildman–Crippen MR) is 112 cm³/mol. The lowest BCUT2D eigenvalue weighted by Crippen LogP contribution is -2.11. The molecule has 9 nitrogen and oxygen atoms in total. The molecule has 0 atom stereocenters. The minimum atomic E-state index is -0.722. The minimum Gasteiger partial charge on any atom is -0.395 e. The topological polar surface area (TPSA) is 127 Å². The molecule has 0 spiro atoms. The van der Waals surface area contributed by atoms with Crippen LogP contribution in [0.5, 0.6) is 0 Å². The standard InChI is InChI=1S/C19H11ClN4O5S/c20-11-3-1-10(2-4-11)17(25)23-19-22-13-6-5-12(9-15(13)30-19)21-18(26)14-7-8-16(29-14)24(27)28/h1-9H,(H,21,26)(H,22,23,25). The largest absolute Gasteiger partial charge is 0.433 e. The number of thiazole rings is 1. The molecular weight excluding hydrogens is 432 g/mol. The van der Waals surface area contributed by atoms with Crippen LogP contribution in [0.15, 0.2) is 59.0 Å². The van der Waals surface area contributed by atoms with Gasteiger partial charge in [0.2, 0.25) is 0 Å². The molecule has 2 aromatic carbocycles. The van der Waals surface area contributed by atoms with E-state index in [-0.39, 0.29) is 11.7 Å². The maximum atomic E-state index is 12.3. The van der Waals surface area contributed by atoms with Crippen LogP contribution in [0.2, 0.25) is 5.02 Å². The van der Waals surface area contributed by atoms with Crippen LogP contribution in [0.4, 0.5) is 16.7 Å². The number of nitro groups is 1. The van der Waals surface area contributed by atoms with Crippen molar-refractivity contribution in [1.29, 1.82) is 0 Å². The van der Waals surface area contributed by atoms with E-state index in [1.807, 2.05) is 0 Å². The molecular formula is C19H11ClN4O5S. The van der Waals surface area contributed by atoms with Crippen LogP contribution in [0, 0.1) is 10.1 Å². The molecule has 150 valence electrons. The molecule has 0 aliphatic carbocycles. The van der Waals surface area contributed by atoms with Gasteiger partial charge in [-0.1, -0.05) is 22.9 Å². The Morgan fingerprint density at radius 3 is 2.50 bits per heavy atom. The van der Waals surface area contributed by atoms with Gasteiger partial charge >= 0.3 is 5.88 Å². The van der Waals surface area contributed by atoms with Gasteiger partial charge in [0.25, 0.3) is 11.8 Å². The second-order valence-corrected chi connectivity index (χ2v) is 7.48. The van der Waals surface area contributed by atoms with E-state index in [0.29, 0.717) is 26.9 Å². The van der Waals surface area contributed by atoms with Crippen molar-refractivity contribution in [3.8, 4) is 0 Å². The van der Waals surface area contributed by atoms with Crippen molar-refractivity contribution in [2.45, 2.75) is 0 Å². The zero-order valence-corrected chi connectivity index (χ0v) is 16.5. The van der Waals surface area contributed by atoms with Crippen molar-refractivity contribution in [3.63, 3.8) is 0 Å². The quantitative estimate of drug-likeness (QED) is 0.332. The van der Waals surface area contributed by atoms with E-state index >= 15 is 0 Å². The van der Waals surface area contributed by atoms with Crippen molar-refractivity contribution < 1.29 is 18.9 Å². The van der Waals surface area contributed by atoms with Crippen molar-refractivity contribution in [2.24, 2.45) is 0 Å². The van der Waals surface area contributed by atoms with Gasteiger partial charge in [-0.25, -0.2) is 4.98 Å². The molecule has 4 rings (SSSR count). The van der Waals surface area contributed by atoms with Crippen LogP contribution in [-0.4, -0.2) is 21.7 Å². The lowest BCUT2D eigenvalue weighted by atomic mass is 10.2. The normalized spacial score (nSPS) is 10.7. The van der Waals surface area contributed by atoms with Crippen molar-refractivity contribution in [2.75, 3.05) is 10.6 Å². The number of furan rings is 1. The monoisotopic (exact) mass is 442 g/mol. The molecule has 2 amide bonds. The molecule has 0 unspecified atom stereocenters. The fourth-order valence-electron chi connectivity index (χ4n) is 2.57. The summed E-state index contributed by atoms with van der Waals surface area (Å²) >= 11 is 7.06. The number of halogens is 1. The van der Waals surface area contributed by atoms with Crippen molar-refractivity contribution in [3.05, 3.63) is 81.1 Å². The summed E-state index contributed by atoms with van der Waals surface area (Å²) in [5.74, 6) is -1.64. The molecule has 2 aromatic heterocycles. The van der Waals surface area contributed by atoms with Gasteiger partial charge in [-0.05, 0) is 48.5 Å². The summed E-state index contributed by atoms with van der Waals surface area (Å²) in [6.45, 7) is 0. The van der Waals surface area contributed by atoms with E-state index in [1.54, 1.807) is 42.5 Å². The first kappa shape index (κ1) is 19.6. The number of aromatic nitrogens is 1. The van der Waals surface area contributed by atoms with Gasteiger partial charge in [-0.2, -0.15) is 0 Å². The number of hydrogen-bond acceptors (Lipinski definition) is 7. The average Bonchev–Trinajstić information content (AvgIpc) is 3.35. The van der Waals surface area contributed by atoms with Crippen molar-refractivity contribution >= 4 is 61.7 Å². The van der Waals surface area contributed by atoms with Crippen LogP contribution in [0.25, 0.3) is 10.2 Å². The molecule has 0 saturated heterocycles. The first-order chi connectivity index (χ1) is 14.4. The zero-order valence-electron chi connectivity index (χ0n) is 14.9. The van der Waals surface area contributed by atoms with Crippen LogP contribution in [-0.2, 0) is 0 Å². The molecule has 0 aliphatic rings. The molecule has 0 bridgehead atoms. The number of nitrogens with zero attached hydrogens (tertiary/aromatic N) is 2. The van der Waals surface area contributed by atoms with E-state index in [9.17, 15) is 19.7 Å². The lowest BCUT2D eigenvalue weighted by Gasteiger charge is -2.02. The number of rotatable bonds is 5. The number of carbonyl (C=O) groups is 2. The number of nitrogens with one attached hydrogen (secondary N) is 2. The van der Waals surface area contributed by atoms with Gasteiger partial charge in [-0.15, -0.1) is 0 Å². The Morgan fingerprint density at radius 1 is 1.03 bits per heavy atom. The molecule has 11 heteroatoms. The molecule has 30 heavy (non-hydrogen) atoms. The van der Waals surface area contributed by atoms with Gasteiger partial charge in [0, 0.05) is 16.3 Å². The maximum Gasteiger partial charge on any atom is 0.433 e. The summed E-state index contributed by atoms with van der Waals surface area (Å²) in [6.07, 6.45) is 0. The number of fused-ring (bicyclic) bond motifs is 1. The summed E-state index contributed by atoms with van der Waals surface area (Å²) < 4.78 is 5.61. The van der Waals surface area contributed by atoms with Crippen LogP contribution in [0.3, 0.4) is 0 Å². The Hall–Kier alpha value is -3.76. The summed E-state index contributed by atoms with van der Waals surface area (Å²) in [6, 6.07) is 13.8. The fraction of sp³-hybridized carbons (Fsp3) is 0. The van der Waals surface area contributed by atoms with Crippen LogP contribution in [0.1, 0.15) is 20.9 Å². The molecule has 0 saturated carbocycles. The number of benzene rings is 2. The smallest absolute Gasteiger partial charge is 0.395 e. The number of amides is 2. The van der Waals surface area contributed by atoms with Gasteiger partial charge in [-0.3, -0.25) is 25.0 Å². The molecule has 0 aliphatic heterocycles. The lowest BCUT2D eigenvalue weighted by molar-refractivity contribution is -0.402. The van der Waals surface area contributed by atoms with Gasteiger partial charge in [0.1, 0.15) is 4.92 Å². The van der Waals surface area contributed by atoms with Gasteiger partial charge < -0.3 is 9.73 Å². The average molecular weight is 443 g/mol. The Kier molecular flexibility index (Phi) is 5.17. The second-order valence-electron chi connectivity index (χ2n) is 6.01. The highest BCUT2D eigenvalue weighted by Crippen LogP contribution is 2.29. The second kappa shape index (κ2) is 7.93. The van der Waals surface area contributed by atoms with E-state index in [2.05, 4.69) is 15.6 Å². The highest BCUT2D eigenvalue weighted by Gasteiger charge is 2.18. The van der Waals surface area contributed by atoms with Crippen LogP contribution >= 0.6 is 22.9 Å². The Morgan fingerprint density at radius 2 is 1.80 bits per heavy atom. The van der Waals surface area contributed by atoms with Gasteiger partial charge in [0.15, 0.2) is 10.9 Å². The summed E-state index contributed by atoms with van der Waals surface area (Å²) in [4.78, 5) is 38.8. The maximum absolute atomic E-state index is 12.3. The highest BCUT2D eigenvalue weighted by molar-refractivity contribution is 7.22. The molecule has 0 fully saturated rings. The number of carbonyl (C=O) groups excluding carboxylic acids is 2. The first-order valence-electron chi connectivity index (χ1n) is 8.42. The molecule has 4 aromatic rings. The molecule has 2 heterocycles. The SMILES string of the molecule is O=C(Nc1nc2ccc(NC(=O)c3ccc([N+](=O)[O-])o3)cc2s1)c1ccc(Cl)cc1. The third-order valence-corrected chi connectivity index (χ3v) is 5.15. The molecule has 2 N–H and O–H groups in total. The van der Waals surface area contributed by atoms with Gasteiger partial charge in [0.05, 0.1) is 16.3 Å². The third kappa shape index (κ3) is 4.14. The Labute approximate surface area is 177 Å². The fourth-order valence-corrected chi connectivity index (χ4v) is 3.59. The zero-order chi connectivity index (χ0) is 21.3. The van der Waals surface area contributed by atoms with E-state index in [0.717, 1.165) is 10.8 Å².